The summed E-state index contributed by atoms with van der Waals surface area (Å²) in [4.78, 5) is 6.36. The van der Waals surface area contributed by atoms with Crippen LogP contribution >= 0.6 is 0 Å². The monoisotopic (exact) mass is 329 g/mol. The van der Waals surface area contributed by atoms with Gasteiger partial charge in [-0.05, 0) is 18.1 Å². The number of benzene rings is 1. The van der Waals surface area contributed by atoms with Gasteiger partial charge >= 0.3 is 6.36 Å². The van der Waals surface area contributed by atoms with Gasteiger partial charge in [-0.2, -0.15) is 0 Å². The van der Waals surface area contributed by atoms with Crippen molar-refractivity contribution in [2.75, 3.05) is 26.3 Å². The number of nitrogens with two attached hydrogens (primary N) is 1. The summed E-state index contributed by atoms with van der Waals surface area (Å²) >= 11 is 0. The van der Waals surface area contributed by atoms with Crippen molar-refractivity contribution >= 4 is 5.96 Å². The van der Waals surface area contributed by atoms with Crippen LogP contribution in [0.5, 0.6) is 5.75 Å². The van der Waals surface area contributed by atoms with Crippen LogP contribution < -0.4 is 10.5 Å². The number of nitrogens with zero attached hydrogens (tertiary/aromatic N) is 2. The van der Waals surface area contributed by atoms with Crippen molar-refractivity contribution in [3.63, 3.8) is 0 Å². The molecule has 0 spiro atoms. The molecule has 2 fully saturated rings. The third-order valence-electron chi connectivity index (χ3n) is 3.93. The molecule has 1 heterocycles. The van der Waals surface area contributed by atoms with Gasteiger partial charge < -0.3 is 20.1 Å². The van der Waals surface area contributed by atoms with E-state index in [2.05, 4.69) is 9.73 Å². The Morgan fingerprint density at radius 3 is 2.65 bits per heavy atom. The Morgan fingerprint density at radius 2 is 1.96 bits per heavy atom. The van der Waals surface area contributed by atoms with E-state index in [9.17, 15) is 13.2 Å². The molecule has 1 saturated carbocycles. The molecule has 5 nitrogen and oxygen atoms in total. The molecule has 126 valence electrons. The van der Waals surface area contributed by atoms with Crippen molar-refractivity contribution in [2.24, 2.45) is 10.7 Å². The lowest BCUT2D eigenvalue weighted by Gasteiger charge is -2.27. The number of hydrogen-bond acceptors (Lipinski definition) is 3. The molecule has 8 heteroatoms. The maximum absolute atomic E-state index is 12.5. The van der Waals surface area contributed by atoms with Crippen LogP contribution in [0.3, 0.4) is 0 Å². The fourth-order valence-corrected chi connectivity index (χ4v) is 2.71. The van der Waals surface area contributed by atoms with Gasteiger partial charge in [0.15, 0.2) is 5.96 Å². The molecule has 0 bridgehead atoms. The number of morpholine rings is 1. The highest BCUT2D eigenvalue weighted by Gasteiger charge is 2.42. The van der Waals surface area contributed by atoms with E-state index in [0.29, 0.717) is 44.2 Å². The van der Waals surface area contributed by atoms with E-state index in [1.807, 2.05) is 4.90 Å². The molecule has 23 heavy (non-hydrogen) atoms. The zero-order chi connectivity index (χ0) is 16.4. The minimum absolute atomic E-state index is 0.0897. The molecule has 2 aliphatic rings. The van der Waals surface area contributed by atoms with Crippen molar-refractivity contribution in [1.29, 1.82) is 0 Å². The van der Waals surface area contributed by atoms with E-state index < -0.39 is 6.36 Å². The molecule has 1 saturated heterocycles. The number of alkyl halides is 3. The third-order valence-corrected chi connectivity index (χ3v) is 3.93. The largest absolute Gasteiger partial charge is 0.573 e. The van der Waals surface area contributed by atoms with Gasteiger partial charge in [0, 0.05) is 19.0 Å². The zero-order valence-electron chi connectivity index (χ0n) is 12.4. The topological polar surface area (TPSA) is 60.1 Å². The van der Waals surface area contributed by atoms with Crippen LogP contribution in [-0.2, 0) is 4.74 Å². The molecule has 2 atom stereocenters. The number of rotatable bonds is 3. The van der Waals surface area contributed by atoms with Crippen molar-refractivity contribution in [2.45, 2.75) is 24.7 Å². The lowest BCUT2D eigenvalue weighted by atomic mass is 10.1. The van der Waals surface area contributed by atoms with Crippen molar-refractivity contribution in [3.05, 3.63) is 29.8 Å². The Morgan fingerprint density at radius 1 is 1.26 bits per heavy atom. The first-order chi connectivity index (χ1) is 10.9. The highest BCUT2D eigenvalue weighted by atomic mass is 19.4. The lowest BCUT2D eigenvalue weighted by Crippen LogP contribution is -2.45. The van der Waals surface area contributed by atoms with Gasteiger partial charge in [0.25, 0.3) is 0 Å². The molecule has 0 radical (unpaired) electrons. The normalized spacial score (nSPS) is 25.3. The maximum Gasteiger partial charge on any atom is 0.573 e. The fraction of sp³-hybridized carbons (Fsp3) is 0.533. The fourth-order valence-electron chi connectivity index (χ4n) is 2.71. The van der Waals surface area contributed by atoms with Gasteiger partial charge in [-0.1, -0.05) is 18.2 Å². The second kappa shape index (κ2) is 6.27. The Hall–Kier alpha value is -1.96. The van der Waals surface area contributed by atoms with Crippen LogP contribution in [0, 0.1) is 0 Å². The van der Waals surface area contributed by atoms with Gasteiger partial charge in [-0.15, -0.1) is 13.2 Å². The van der Waals surface area contributed by atoms with Gasteiger partial charge in [0.05, 0.1) is 19.3 Å². The number of guanidine groups is 1. The highest BCUT2D eigenvalue weighted by Crippen LogP contribution is 2.47. The maximum atomic E-state index is 12.5. The van der Waals surface area contributed by atoms with Crippen LogP contribution in [-0.4, -0.2) is 49.6 Å². The minimum Gasteiger partial charge on any atom is -0.405 e. The van der Waals surface area contributed by atoms with Crippen LogP contribution in [0.15, 0.2) is 29.3 Å². The summed E-state index contributed by atoms with van der Waals surface area (Å²) in [6.45, 7) is 2.57. The van der Waals surface area contributed by atoms with Crippen molar-refractivity contribution in [3.8, 4) is 5.75 Å². The summed E-state index contributed by atoms with van der Waals surface area (Å²) in [7, 11) is 0. The van der Waals surface area contributed by atoms with E-state index >= 15 is 0 Å². The standard InChI is InChI=1S/C15H18F3N3O2/c16-15(17,18)23-13-4-2-1-3-10(13)11-9-12(11)20-14(19)21-5-7-22-8-6-21/h1-4,11-12H,5-9H2,(H2,19,20). The molecule has 1 aromatic carbocycles. The molecule has 0 amide bonds. The number of ether oxygens (including phenoxy) is 2. The third kappa shape index (κ3) is 4.07. The van der Waals surface area contributed by atoms with Crippen LogP contribution in [0.4, 0.5) is 13.2 Å². The van der Waals surface area contributed by atoms with Crippen molar-refractivity contribution in [1.82, 2.24) is 4.90 Å². The molecule has 0 aromatic heterocycles. The smallest absolute Gasteiger partial charge is 0.405 e. The van der Waals surface area contributed by atoms with Crippen LogP contribution in [0.25, 0.3) is 0 Å². The Bertz CT molecular complexity index is 586. The number of aliphatic imine (C=N–C) groups is 1. The second-order valence-corrected chi connectivity index (χ2v) is 5.58. The number of hydrogen-bond donors (Lipinski definition) is 1. The Kier molecular flexibility index (Phi) is 4.34. The number of halogens is 3. The summed E-state index contributed by atoms with van der Waals surface area (Å²) in [5.74, 6) is 0.177. The van der Waals surface area contributed by atoms with Gasteiger partial charge in [0.1, 0.15) is 5.75 Å². The average Bonchev–Trinajstić information content (AvgIpc) is 3.26. The predicted octanol–water partition coefficient (Wildman–Crippen LogP) is 2.09. The molecule has 1 aliphatic heterocycles. The quantitative estimate of drug-likeness (QED) is 0.681. The van der Waals surface area contributed by atoms with E-state index in [1.165, 1.54) is 12.1 Å². The summed E-state index contributed by atoms with van der Waals surface area (Å²) in [5.41, 5.74) is 6.50. The molecular formula is C15H18F3N3O2. The molecule has 1 aliphatic carbocycles. The molecule has 2 N–H and O–H groups in total. The summed E-state index contributed by atoms with van der Waals surface area (Å²) in [6.07, 6.45) is -4.03. The predicted molar refractivity (Wildman–Crippen MR) is 78.3 cm³/mol. The average molecular weight is 329 g/mol. The SMILES string of the molecule is NC(=NC1CC1c1ccccc1OC(F)(F)F)N1CCOCC1. The van der Waals surface area contributed by atoms with Gasteiger partial charge in [-0.3, -0.25) is 0 Å². The second-order valence-electron chi connectivity index (χ2n) is 5.58. The van der Waals surface area contributed by atoms with Crippen molar-refractivity contribution < 1.29 is 22.6 Å². The Balaban J connectivity index is 1.68. The Labute approximate surface area is 131 Å². The van der Waals surface area contributed by atoms with Gasteiger partial charge in [-0.25, -0.2) is 4.99 Å². The summed E-state index contributed by atoms with van der Waals surface area (Å²) in [6, 6.07) is 6.09. The molecule has 1 aromatic rings. The van der Waals surface area contributed by atoms with Crippen LogP contribution in [0.2, 0.25) is 0 Å². The minimum atomic E-state index is -4.70. The zero-order valence-corrected chi connectivity index (χ0v) is 12.4. The number of para-hydroxylation sites is 1. The van der Waals surface area contributed by atoms with Crippen LogP contribution in [0.1, 0.15) is 17.9 Å². The summed E-state index contributed by atoms with van der Waals surface area (Å²) < 4.78 is 46.7. The first-order valence-electron chi connectivity index (χ1n) is 7.44. The molecular weight excluding hydrogens is 311 g/mol. The first kappa shape index (κ1) is 15.9. The first-order valence-corrected chi connectivity index (χ1v) is 7.44. The summed E-state index contributed by atoms with van der Waals surface area (Å²) in [5, 5.41) is 0. The van der Waals surface area contributed by atoms with Gasteiger partial charge in [0.2, 0.25) is 0 Å². The molecule has 2 unspecified atom stereocenters. The van der Waals surface area contributed by atoms with E-state index in [1.54, 1.807) is 12.1 Å². The highest BCUT2D eigenvalue weighted by molar-refractivity contribution is 5.78. The molecule has 3 rings (SSSR count). The van der Waals surface area contributed by atoms with E-state index in [0.717, 1.165) is 0 Å². The lowest BCUT2D eigenvalue weighted by molar-refractivity contribution is -0.274. The van der Waals surface area contributed by atoms with E-state index in [4.69, 9.17) is 10.5 Å². The van der Waals surface area contributed by atoms with E-state index in [-0.39, 0.29) is 17.7 Å².